The van der Waals surface area contributed by atoms with Gasteiger partial charge in [0, 0.05) is 6.42 Å². The van der Waals surface area contributed by atoms with Crippen LogP contribution >= 0.6 is 0 Å². The maximum atomic E-state index is 10.4. The van der Waals surface area contributed by atoms with E-state index in [1.807, 2.05) is 0 Å². The van der Waals surface area contributed by atoms with Gasteiger partial charge in [0.2, 0.25) is 0 Å². The second kappa shape index (κ2) is 9.73. The Morgan fingerprint density at radius 2 is 1.38 bits per heavy atom. The molecule has 0 unspecified atom stereocenters. The van der Waals surface area contributed by atoms with Crippen LogP contribution in [0.1, 0.15) is 78.6 Å². The Hall–Kier alpha value is -0.480. The molecule has 0 heterocycles. The molecule has 0 aliphatic carbocycles. The first-order chi connectivity index (χ1) is 7.68. The molecule has 0 spiro atoms. The molecule has 1 N–H and O–H groups in total. The molecule has 0 aromatic rings. The standard InChI is InChI=1S/C15H28O/c1-4-7-10-11-14-15(16,12-8-5-2)13-9-6-3/h16H,4-10,12-13H2,1-3H3. The molecule has 0 saturated heterocycles. The molecular formula is C15H28O. The van der Waals surface area contributed by atoms with E-state index in [9.17, 15) is 5.11 Å². The second-order valence-corrected chi connectivity index (χ2v) is 4.64. The zero-order chi connectivity index (χ0) is 12.3. The third kappa shape index (κ3) is 7.77. The van der Waals surface area contributed by atoms with E-state index in [0.29, 0.717) is 0 Å². The molecule has 94 valence electrons. The lowest BCUT2D eigenvalue weighted by Crippen LogP contribution is -2.26. The van der Waals surface area contributed by atoms with Gasteiger partial charge in [-0.1, -0.05) is 46.0 Å². The summed E-state index contributed by atoms with van der Waals surface area (Å²) in [4.78, 5) is 0. The van der Waals surface area contributed by atoms with Gasteiger partial charge >= 0.3 is 0 Å². The fourth-order valence-electron chi connectivity index (χ4n) is 1.68. The third-order valence-electron chi connectivity index (χ3n) is 2.86. The summed E-state index contributed by atoms with van der Waals surface area (Å²) < 4.78 is 0. The van der Waals surface area contributed by atoms with E-state index in [1.165, 1.54) is 6.42 Å². The van der Waals surface area contributed by atoms with Crippen molar-refractivity contribution in [1.29, 1.82) is 0 Å². The van der Waals surface area contributed by atoms with Crippen LogP contribution in [0.25, 0.3) is 0 Å². The van der Waals surface area contributed by atoms with E-state index < -0.39 is 5.60 Å². The van der Waals surface area contributed by atoms with E-state index in [2.05, 4.69) is 32.6 Å². The Kier molecular flexibility index (Phi) is 9.43. The van der Waals surface area contributed by atoms with Crippen LogP contribution in [0.5, 0.6) is 0 Å². The molecule has 1 heteroatoms. The Morgan fingerprint density at radius 3 is 1.81 bits per heavy atom. The topological polar surface area (TPSA) is 20.2 Å². The maximum absolute atomic E-state index is 10.4. The van der Waals surface area contributed by atoms with Gasteiger partial charge in [0.25, 0.3) is 0 Å². The number of rotatable bonds is 8. The second-order valence-electron chi connectivity index (χ2n) is 4.64. The first-order valence-corrected chi connectivity index (χ1v) is 6.91. The number of unbranched alkanes of at least 4 members (excludes halogenated alkanes) is 4. The predicted molar refractivity (Wildman–Crippen MR) is 71.3 cm³/mol. The number of hydrogen-bond acceptors (Lipinski definition) is 1. The van der Waals surface area contributed by atoms with Crippen LogP contribution in [0.3, 0.4) is 0 Å². The Labute approximate surface area is 102 Å². The minimum Gasteiger partial charge on any atom is -0.378 e. The van der Waals surface area contributed by atoms with Crippen LogP contribution in [0.4, 0.5) is 0 Å². The van der Waals surface area contributed by atoms with Crippen LogP contribution in [-0.2, 0) is 0 Å². The van der Waals surface area contributed by atoms with Crippen LogP contribution in [0.2, 0.25) is 0 Å². The normalized spacial score (nSPS) is 11.0. The number of hydrogen-bond donors (Lipinski definition) is 1. The molecule has 0 saturated carbocycles. The van der Waals surface area contributed by atoms with Crippen molar-refractivity contribution in [2.75, 3.05) is 0 Å². The van der Waals surface area contributed by atoms with Crippen molar-refractivity contribution >= 4 is 0 Å². The summed E-state index contributed by atoms with van der Waals surface area (Å²) in [6.07, 6.45) is 9.32. The zero-order valence-electron chi connectivity index (χ0n) is 11.3. The quantitative estimate of drug-likeness (QED) is 0.481. The molecule has 0 rings (SSSR count). The summed E-state index contributed by atoms with van der Waals surface area (Å²) in [6.45, 7) is 6.48. The fraction of sp³-hybridized carbons (Fsp3) is 0.867. The van der Waals surface area contributed by atoms with Gasteiger partial charge in [-0.2, -0.15) is 0 Å². The molecule has 0 fully saturated rings. The smallest absolute Gasteiger partial charge is 0.125 e. The zero-order valence-corrected chi connectivity index (χ0v) is 11.3. The van der Waals surface area contributed by atoms with Crippen LogP contribution < -0.4 is 0 Å². The monoisotopic (exact) mass is 224 g/mol. The highest BCUT2D eigenvalue weighted by Crippen LogP contribution is 2.20. The summed E-state index contributed by atoms with van der Waals surface area (Å²) in [7, 11) is 0. The molecular weight excluding hydrogens is 196 g/mol. The van der Waals surface area contributed by atoms with Gasteiger partial charge in [-0.15, -0.1) is 5.92 Å². The van der Waals surface area contributed by atoms with Crippen molar-refractivity contribution in [1.82, 2.24) is 0 Å². The molecule has 0 aromatic heterocycles. The van der Waals surface area contributed by atoms with E-state index in [4.69, 9.17) is 0 Å². The number of aliphatic hydroxyl groups is 1. The molecule has 0 atom stereocenters. The minimum absolute atomic E-state index is 0.709. The van der Waals surface area contributed by atoms with Crippen molar-refractivity contribution in [2.45, 2.75) is 84.2 Å². The van der Waals surface area contributed by atoms with E-state index in [-0.39, 0.29) is 0 Å². The first-order valence-electron chi connectivity index (χ1n) is 6.91. The van der Waals surface area contributed by atoms with Gasteiger partial charge in [-0.05, 0) is 32.1 Å². The van der Waals surface area contributed by atoms with Crippen molar-refractivity contribution in [3.8, 4) is 11.8 Å². The van der Waals surface area contributed by atoms with Crippen molar-refractivity contribution < 1.29 is 5.11 Å². The highest BCUT2D eigenvalue weighted by atomic mass is 16.3. The molecule has 0 amide bonds. The Balaban J connectivity index is 4.19. The van der Waals surface area contributed by atoms with Crippen LogP contribution in [0, 0.1) is 11.8 Å². The molecule has 0 radical (unpaired) electrons. The van der Waals surface area contributed by atoms with Crippen LogP contribution in [-0.4, -0.2) is 10.7 Å². The van der Waals surface area contributed by atoms with Crippen molar-refractivity contribution in [2.24, 2.45) is 0 Å². The van der Waals surface area contributed by atoms with E-state index in [0.717, 1.165) is 51.4 Å². The molecule has 0 aliphatic rings. The van der Waals surface area contributed by atoms with Gasteiger partial charge in [0.1, 0.15) is 5.60 Å². The predicted octanol–water partition coefficient (Wildman–Crippen LogP) is 4.29. The van der Waals surface area contributed by atoms with Gasteiger partial charge in [0.15, 0.2) is 0 Å². The highest BCUT2D eigenvalue weighted by Gasteiger charge is 2.22. The largest absolute Gasteiger partial charge is 0.378 e. The summed E-state index contributed by atoms with van der Waals surface area (Å²) in [5, 5.41) is 10.4. The lowest BCUT2D eigenvalue weighted by Gasteiger charge is -2.21. The third-order valence-corrected chi connectivity index (χ3v) is 2.86. The van der Waals surface area contributed by atoms with Crippen LogP contribution in [0.15, 0.2) is 0 Å². The van der Waals surface area contributed by atoms with Gasteiger partial charge in [0.05, 0.1) is 0 Å². The van der Waals surface area contributed by atoms with Crippen molar-refractivity contribution in [3.63, 3.8) is 0 Å². The summed E-state index contributed by atoms with van der Waals surface area (Å²) in [5.41, 5.74) is -0.709. The molecule has 16 heavy (non-hydrogen) atoms. The highest BCUT2D eigenvalue weighted by molar-refractivity contribution is 5.13. The van der Waals surface area contributed by atoms with Gasteiger partial charge in [-0.25, -0.2) is 0 Å². The summed E-state index contributed by atoms with van der Waals surface area (Å²) in [5.74, 6) is 6.25. The average molecular weight is 224 g/mol. The summed E-state index contributed by atoms with van der Waals surface area (Å²) >= 11 is 0. The van der Waals surface area contributed by atoms with E-state index >= 15 is 0 Å². The Bertz CT molecular complexity index is 201. The van der Waals surface area contributed by atoms with Gasteiger partial charge < -0.3 is 5.11 Å². The first kappa shape index (κ1) is 15.5. The molecule has 0 aliphatic heterocycles. The molecule has 0 aromatic carbocycles. The maximum Gasteiger partial charge on any atom is 0.125 e. The lowest BCUT2D eigenvalue weighted by atomic mass is 9.91. The molecule has 1 nitrogen and oxygen atoms in total. The van der Waals surface area contributed by atoms with Crippen molar-refractivity contribution in [3.05, 3.63) is 0 Å². The summed E-state index contributed by atoms with van der Waals surface area (Å²) in [6, 6.07) is 0. The SMILES string of the molecule is CCCCC#CC(O)(CCCC)CCCC. The minimum atomic E-state index is -0.709. The van der Waals surface area contributed by atoms with E-state index in [1.54, 1.807) is 0 Å². The average Bonchev–Trinajstić information content (AvgIpc) is 2.30. The lowest BCUT2D eigenvalue weighted by molar-refractivity contribution is 0.0773. The molecule has 0 bridgehead atoms. The fourth-order valence-corrected chi connectivity index (χ4v) is 1.68. The Morgan fingerprint density at radius 1 is 0.875 bits per heavy atom. The van der Waals surface area contributed by atoms with Gasteiger partial charge in [-0.3, -0.25) is 0 Å².